The lowest BCUT2D eigenvalue weighted by Gasteiger charge is -2.70. The number of rotatable bonds is 2. The van der Waals surface area contributed by atoms with Crippen molar-refractivity contribution in [3.05, 3.63) is 46.3 Å². The fourth-order valence-corrected chi connectivity index (χ4v) is 9.88. The minimum atomic E-state index is -0.832. The Balaban J connectivity index is 1.45. The monoisotopic (exact) mass is 521 g/mol. The minimum absolute atomic E-state index is 0.0592. The van der Waals surface area contributed by atoms with Crippen LogP contribution >= 0.6 is 0 Å². The number of aliphatic hydroxyl groups is 1. The van der Waals surface area contributed by atoms with Crippen LogP contribution in [-0.4, -0.2) is 58.7 Å². The Kier molecular flexibility index (Phi) is 5.60. The first kappa shape index (κ1) is 26.1. The van der Waals surface area contributed by atoms with E-state index < -0.39 is 11.5 Å². The number of ketones is 1. The molecule has 6 aliphatic rings. The van der Waals surface area contributed by atoms with Gasteiger partial charge in [-0.15, -0.1) is 0 Å². The predicted molar refractivity (Wildman–Crippen MR) is 146 cm³/mol. The van der Waals surface area contributed by atoms with Gasteiger partial charge in [0.15, 0.2) is 5.76 Å². The molecule has 1 aliphatic heterocycles. The van der Waals surface area contributed by atoms with Gasteiger partial charge in [-0.1, -0.05) is 45.4 Å². The third-order valence-corrected chi connectivity index (χ3v) is 12.6. The van der Waals surface area contributed by atoms with E-state index in [0.717, 1.165) is 43.3 Å². The molecular formula is C32H43NO5. The van der Waals surface area contributed by atoms with Crippen molar-refractivity contribution in [2.24, 2.45) is 27.6 Å². The first-order chi connectivity index (χ1) is 17.8. The first-order valence-corrected chi connectivity index (χ1v) is 14.5. The van der Waals surface area contributed by atoms with Crippen LogP contribution in [0, 0.1) is 27.6 Å². The van der Waals surface area contributed by atoms with Gasteiger partial charge in [-0.05, 0) is 91.3 Å². The van der Waals surface area contributed by atoms with E-state index in [1.54, 1.807) is 6.08 Å². The van der Waals surface area contributed by atoms with Gasteiger partial charge in [0.05, 0.1) is 13.2 Å². The number of hydrogen-bond acceptors (Lipinski definition) is 5. The van der Waals surface area contributed by atoms with Gasteiger partial charge in [0.2, 0.25) is 5.78 Å². The Hall–Kier alpha value is -2.18. The highest BCUT2D eigenvalue weighted by Gasteiger charge is 2.68. The maximum atomic E-state index is 13.1. The Morgan fingerprint density at radius 3 is 2.37 bits per heavy atom. The number of hydrogen-bond donors (Lipinski definition) is 2. The van der Waals surface area contributed by atoms with Crippen molar-refractivity contribution in [3.8, 4) is 0 Å². The molecule has 3 saturated carbocycles. The zero-order chi connectivity index (χ0) is 27.3. The third-order valence-electron chi connectivity index (χ3n) is 12.6. The molecule has 5 aliphatic carbocycles. The molecule has 0 radical (unpaired) electrons. The minimum Gasteiger partial charge on any atom is -0.504 e. The Labute approximate surface area is 226 Å². The largest absolute Gasteiger partial charge is 0.504 e. The number of allylic oxidation sites excluding steroid dienone is 7. The van der Waals surface area contributed by atoms with Crippen molar-refractivity contribution in [1.82, 2.24) is 4.90 Å². The number of carboxylic acids is 1. The van der Waals surface area contributed by atoms with E-state index in [1.807, 2.05) is 6.92 Å². The number of morpholine rings is 1. The van der Waals surface area contributed by atoms with Crippen molar-refractivity contribution >= 4 is 11.8 Å². The summed E-state index contributed by atoms with van der Waals surface area (Å²) >= 11 is 0. The van der Waals surface area contributed by atoms with Crippen LogP contribution in [0.15, 0.2) is 46.3 Å². The van der Waals surface area contributed by atoms with E-state index in [0.29, 0.717) is 44.7 Å². The molecule has 206 valence electrons. The smallest absolute Gasteiger partial charge is 0.324 e. The van der Waals surface area contributed by atoms with Crippen molar-refractivity contribution < 1.29 is 24.5 Å². The lowest BCUT2D eigenvalue weighted by molar-refractivity contribution is -0.190. The number of carboxylic acid groups (broad SMARTS) is 1. The number of aliphatic carboxylic acids is 1. The molecule has 0 aromatic heterocycles. The summed E-state index contributed by atoms with van der Waals surface area (Å²) in [6, 6.07) is 0. The fraction of sp³-hybridized carbons (Fsp3) is 0.688. The number of carbonyl (C=O) groups excluding carboxylic acids is 1. The number of ether oxygens (including phenoxy) is 1. The summed E-state index contributed by atoms with van der Waals surface area (Å²) in [5.41, 5.74) is 2.93. The zero-order valence-corrected chi connectivity index (χ0v) is 23.7. The predicted octanol–water partition coefficient (Wildman–Crippen LogP) is 5.76. The summed E-state index contributed by atoms with van der Waals surface area (Å²) in [6.45, 7) is 14.0. The molecule has 0 aromatic rings. The average molecular weight is 522 g/mol. The van der Waals surface area contributed by atoms with Gasteiger partial charge >= 0.3 is 5.97 Å². The molecule has 2 N–H and O–H groups in total. The second kappa shape index (κ2) is 8.17. The van der Waals surface area contributed by atoms with Gasteiger partial charge in [0.25, 0.3) is 0 Å². The first-order valence-electron chi connectivity index (χ1n) is 14.5. The second-order valence-corrected chi connectivity index (χ2v) is 14.0. The van der Waals surface area contributed by atoms with Crippen LogP contribution in [0.3, 0.4) is 0 Å². The highest BCUT2D eigenvalue weighted by atomic mass is 16.5. The number of aliphatic hydroxyl groups excluding tert-OH is 1. The van der Waals surface area contributed by atoms with Crippen molar-refractivity contribution in [1.29, 1.82) is 0 Å². The van der Waals surface area contributed by atoms with Crippen molar-refractivity contribution in [2.45, 2.75) is 85.1 Å². The van der Waals surface area contributed by atoms with Gasteiger partial charge in [0, 0.05) is 24.1 Å². The highest BCUT2D eigenvalue weighted by Crippen LogP contribution is 2.75. The van der Waals surface area contributed by atoms with E-state index >= 15 is 0 Å². The van der Waals surface area contributed by atoms with Crippen molar-refractivity contribution in [2.75, 3.05) is 26.3 Å². The second-order valence-electron chi connectivity index (χ2n) is 14.0. The summed E-state index contributed by atoms with van der Waals surface area (Å²) in [6.07, 6.45) is 12.5. The fourth-order valence-electron chi connectivity index (χ4n) is 9.88. The van der Waals surface area contributed by atoms with Crippen LogP contribution < -0.4 is 0 Å². The van der Waals surface area contributed by atoms with E-state index in [1.165, 1.54) is 5.57 Å². The molecule has 0 aromatic carbocycles. The third kappa shape index (κ3) is 3.13. The molecule has 1 heterocycles. The van der Waals surface area contributed by atoms with Crippen LogP contribution in [0.2, 0.25) is 0 Å². The zero-order valence-electron chi connectivity index (χ0n) is 23.7. The molecule has 0 spiro atoms. The van der Waals surface area contributed by atoms with Crippen LogP contribution in [-0.2, 0) is 14.3 Å². The lowest BCUT2D eigenvalue weighted by Crippen LogP contribution is -2.67. The van der Waals surface area contributed by atoms with Gasteiger partial charge < -0.3 is 14.9 Å². The SMILES string of the molecule is CC1=C(O)C(=O)C=C2C1=CC=C1[C@@]2(C)CC[C@@]2(C)[C@@H]3C[C@@](C(=O)O)(N4CCOCC4)CC[C@]3(C)CC[C@]12C. The standard InChI is InChI=1S/C32H43NO5/c1-20-21-6-7-24-29(3,22(21)18-23(34)26(20)35)10-12-31(5)25-19-32(27(36)37,33-14-16-38-17-15-33)13-9-28(25,2)8-11-30(24,31)4/h6-7,18,25,35H,8-17,19H2,1-5H3,(H,36,37)/t25-,28+,29+,30-,31+,32+/m1/s1. The van der Waals surface area contributed by atoms with Crippen LogP contribution in [0.5, 0.6) is 0 Å². The van der Waals surface area contributed by atoms with E-state index in [-0.39, 0.29) is 39.1 Å². The summed E-state index contributed by atoms with van der Waals surface area (Å²) in [5, 5.41) is 21.1. The molecule has 6 atom stereocenters. The van der Waals surface area contributed by atoms with E-state index in [4.69, 9.17) is 4.74 Å². The Bertz CT molecular complexity index is 1240. The van der Waals surface area contributed by atoms with E-state index in [2.05, 4.69) is 44.7 Å². The molecule has 0 unspecified atom stereocenters. The van der Waals surface area contributed by atoms with Crippen LogP contribution in [0.4, 0.5) is 0 Å². The molecule has 6 heteroatoms. The number of fused-ring (bicyclic) bond motifs is 7. The molecule has 6 nitrogen and oxygen atoms in total. The van der Waals surface area contributed by atoms with Crippen LogP contribution in [0.1, 0.15) is 79.6 Å². The normalized spacial score (nSPS) is 45.1. The van der Waals surface area contributed by atoms with Gasteiger partial charge in [-0.3, -0.25) is 14.5 Å². The maximum absolute atomic E-state index is 13.1. The molecule has 38 heavy (non-hydrogen) atoms. The molecular weight excluding hydrogens is 478 g/mol. The van der Waals surface area contributed by atoms with Gasteiger partial charge in [0.1, 0.15) is 5.54 Å². The summed E-state index contributed by atoms with van der Waals surface area (Å²) in [7, 11) is 0. The summed E-state index contributed by atoms with van der Waals surface area (Å²) in [5.74, 6) is -0.827. The highest BCUT2D eigenvalue weighted by molar-refractivity contribution is 6.06. The number of nitrogens with zero attached hydrogens (tertiary/aromatic N) is 1. The van der Waals surface area contributed by atoms with Gasteiger partial charge in [-0.25, -0.2) is 0 Å². The Morgan fingerprint density at radius 1 is 1.00 bits per heavy atom. The molecule has 0 amide bonds. The summed E-state index contributed by atoms with van der Waals surface area (Å²) < 4.78 is 5.60. The molecule has 6 rings (SSSR count). The van der Waals surface area contributed by atoms with Gasteiger partial charge in [-0.2, -0.15) is 0 Å². The average Bonchev–Trinajstić information content (AvgIpc) is 2.89. The molecule has 1 saturated heterocycles. The van der Waals surface area contributed by atoms with Crippen LogP contribution in [0.25, 0.3) is 0 Å². The van der Waals surface area contributed by atoms with Crippen molar-refractivity contribution in [3.63, 3.8) is 0 Å². The maximum Gasteiger partial charge on any atom is 0.324 e. The summed E-state index contributed by atoms with van der Waals surface area (Å²) in [4.78, 5) is 28.0. The molecule has 4 fully saturated rings. The lowest BCUT2D eigenvalue weighted by atomic mass is 9.34. The quantitative estimate of drug-likeness (QED) is 0.480. The Morgan fingerprint density at radius 2 is 1.68 bits per heavy atom. The molecule has 0 bridgehead atoms. The van der Waals surface area contributed by atoms with E-state index in [9.17, 15) is 19.8 Å². The number of carbonyl (C=O) groups is 2. The topological polar surface area (TPSA) is 87.1 Å².